The number of aromatic nitrogens is 2. The van der Waals surface area contributed by atoms with Crippen LogP contribution < -0.4 is 9.62 Å². The molecule has 1 N–H and O–H groups in total. The molecule has 1 atom stereocenters. The van der Waals surface area contributed by atoms with E-state index in [1.807, 2.05) is 0 Å². The SMILES string of the molecule is C=CCSc1nnc(NC(=O)C(CC)N(c2cc(Cl)cc(Cl)c2)S(C)(=O)=O)s1. The summed E-state index contributed by atoms with van der Waals surface area (Å²) in [5.41, 5.74) is 0.210. The first-order valence-corrected chi connectivity index (χ1v) is 12.4. The van der Waals surface area contributed by atoms with Crippen molar-refractivity contribution >= 4 is 73.0 Å². The average molecular weight is 481 g/mol. The molecule has 28 heavy (non-hydrogen) atoms. The number of thioether (sulfide) groups is 1. The number of anilines is 2. The summed E-state index contributed by atoms with van der Waals surface area (Å²) in [7, 11) is -3.80. The quantitative estimate of drug-likeness (QED) is 0.326. The zero-order valence-electron chi connectivity index (χ0n) is 15.1. The van der Waals surface area contributed by atoms with Gasteiger partial charge >= 0.3 is 0 Å². The maximum absolute atomic E-state index is 12.8. The third-order valence-corrected chi connectivity index (χ3v) is 6.98. The molecule has 1 unspecified atom stereocenters. The van der Waals surface area contributed by atoms with Gasteiger partial charge in [-0.25, -0.2) is 8.42 Å². The molecule has 1 heterocycles. The van der Waals surface area contributed by atoms with Gasteiger partial charge in [-0.2, -0.15) is 0 Å². The van der Waals surface area contributed by atoms with Crippen LogP contribution in [0, 0.1) is 0 Å². The molecule has 0 spiro atoms. The van der Waals surface area contributed by atoms with Crippen molar-refractivity contribution in [2.75, 3.05) is 21.6 Å². The molecule has 1 aromatic heterocycles. The predicted octanol–water partition coefficient (Wildman–Crippen LogP) is 4.31. The van der Waals surface area contributed by atoms with E-state index in [2.05, 4.69) is 22.1 Å². The van der Waals surface area contributed by atoms with E-state index in [4.69, 9.17) is 23.2 Å². The fourth-order valence-electron chi connectivity index (χ4n) is 2.36. The van der Waals surface area contributed by atoms with Crippen LogP contribution in [0.1, 0.15) is 13.3 Å². The molecule has 0 radical (unpaired) electrons. The number of carbonyl (C=O) groups excluding carboxylic acids is 1. The van der Waals surface area contributed by atoms with Crippen LogP contribution in [0.2, 0.25) is 10.0 Å². The maximum Gasteiger partial charge on any atom is 0.250 e. The summed E-state index contributed by atoms with van der Waals surface area (Å²) >= 11 is 14.7. The highest BCUT2D eigenvalue weighted by Gasteiger charge is 2.32. The molecule has 7 nitrogen and oxygen atoms in total. The van der Waals surface area contributed by atoms with Crippen LogP contribution in [0.3, 0.4) is 0 Å². The Labute approximate surface area is 182 Å². The third-order valence-electron chi connectivity index (χ3n) is 3.39. The van der Waals surface area contributed by atoms with Gasteiger partial charge in [0.25, 0.3) is 0 Å². The van der Waals surface area contributed by atoms with Crippen molar-refractivity contribution in [1.29, 1.82) is 0 Å². The van der Waals surface area contributed by atoms with E-state index in [9.17, 15) is 13.2 Å². The topological polar surface area (TPSA) is 92.3 Å². The predicted molar refractivity (Wildman–Crippen MR) is 117 cm³/mol. The maximum atomic E-state index is 12.8. The lowest BCUT2D eigenvalue weighted by molar-refractivity contribution is -0.117. The van der Waals surface area contributed by atoms with Gasteiger partial charge in [0.2, 0.25) is 21.1 Å². The number of nitrogens with one attached hydrogen (secondary N) is 1. The van der Waals surface area contributed by atoms with Crippen LogP contribution >= 0.6 is 46.3 Å². The van der Waals surface area contributed by atoms with Gasteiger partial charge in [-0.1, -0.05) is 59.3 Å². The van der Waals surface area contributed by atoms with E-state index in [-0.39, 0.29) is 27.3 Å². The number of carbonyl (C=O) groups is 1. The standard InChI is InChI=1S/C16H18Cl2N4O3S3/c1-4-6-26-16-21-20-15(27-16)19-14(23)13(5-2)22(28(3,24)25)12-8-10(17)7-11(18)9-12/h4,7-9,13H,1,5-6H2,2-3H3,(H,19,20,23). The lowest BCUT2D eigenvalue weighted by atomic mass is 10.2. The number of hydrogen-bond acceptors (Lipinski definition) is 7. The van der Waals surface area contributed by atoms with Gasteiger partial charge in [-0.05, 0) is 24.6 Å². The second kappa shape index (κ2) is 9.93. The zero-order valence-corrected chi connectivity index (χ0v) is 19.0. The number of benzene rings is 1. The lowest BCUT2D eigenvalue weighted by Crippen LogP contribution is -2.47. The number of nitrogens with zero attached hydrogens (tertiary/aromatic N) is 3. The Morgan fingerprint density at radius 2 is 2.00 bits per heavy atom. The van der Waals surface area contributed by atoms with Gasteiger partial charge < -0.3 is 0 Å². The number of halogens is 2. The van der Waals surface area contributed by atoms with Crippen LogP contribution in [0.4, 0.5) is 10.8 Å². The summed E-state index contributed by atoms with van der Waals surface area (Å²) in [5, 5.41) is 11.3. The van der Waals surface area contributed by atoms with Crippen molar-refractivity contribution in [3.05, 3.63) is 40.9 Å². The Kier molecular flexibility index (Phi) is 8.14. The molecule has 152 valence electrons. The normalized spacial score (nSPS) is 12.4. The summed E-state index contributed by atoms with van der Waals surface area (Å²) in [6, 6.07) is 3.36. The van der Waals surface area contributed by atoms with Crippen molar-refractivity contribution in [2.24, 2.45) is 0 Å². The molecule has 0 aliphatic rings. The largest absolute Gasteiger partial charge is 0.299 e. The van der Waals surface area contributed by atoms with Gasteiger partial charge in [-0.3, -0.25) is 14.4 Å². The number of rotatable bonds is 9. The van der Waals surface area contributed by atoms with Crippen LogP contribution in [-0.2, 0) is 14.8 Å². The van der Waals surface area contributed by atoms with Gasteiger partial charge in [0, 0.05) is 15.8 Å². The van der Waals surface area contributed by atoms with Crippen LogP contribution in [0.5, 0.6) is 0 Å². The molecule has 1 aromatic carbocycles. The van der Waals surface area contributed by atoms with Gasteiger partial charge in [0.15, 0.2) is 4.34 Å². The Balaban J connectivity index is 2.31. The molecule has 0 bridgehead atoms. The molecule has 1 amide bonds. The van der Waals surface area contributed by atoms with Gasteiger partial charge in [0.1, 0.15) is 6.04 Å². The van der Waals surface area contributed by atoms with E-state index in [1.165, 1.54) is 41.3 Å². The molecule has 0 saturated heterocycles. The Bertz CT molecular complexity index is 946. The van der Waals surface area contributed by atoms with E-state index in [0.717, 1.165) is 10.6 Å². The summed E-state index contributed by atoms with van der Waals surface area (Å²) in [6.45, 7) is 5.34. The van der Waals surface area contributed by atoms with E-state index >= 15 is 0 Å². The molecule has 2 aromatic rings. The summed E-state index contributed by atoms with van der Waals surface area (Å²) < 4.78 is 26.6. The molecular formula is C16H18Cl2N4O3S3. The minimum atomic E-state index is -3.80. The smallest absolute Gasteiger partial charge is 0.250 e. The van der Waals surface area contributed by atoms with Crippen molar-refractivity contribution in [2.45, 2.75) is 23.7 Å². The fourth-order valence-corrected chi connectivity index (χ4v) is 5.59. The summed E-state index contributed by atoms with van der Waals surface area (Å²) in [6.07, 6.45) is 2.98. The second-order valence-electron chi connectivity index (χ2n) is 5.57. The highest BCUT2D eigenvalue weighted by atomic mass is 35.5. The monoisotopic (exact) mass is 480 g/mol. The summed E-state index contributed by atoms with van der Waals surface area (Å²) in [5.74, 6) is 0.137. The van der Waals surface area contributed by atoms with Gasteiger partial charge in [0.05, 0.1) is 11.9 Å². The average Bonchev–Trinajstić information content (AvgIpc) is 3.02. The summed E-state index contributed by atoms with van der Waals surface area (Å²) in [4.78, 5) is 12.8. The van der Waals surface area contributed by atoms with Crippen molar-refractivity contribution in [3.63, 3.8) is 0 Å². The Hall–Kier alpha value is -1.33. The zero-order chi connectivity index (χ0) is 20.9. The fraction of sp³-hybridized carbons (Fsp3) is 0.312. The van der Waals surface area contributed by atoms with Gasteiger partial charge in [-0.15, -0.1) is 16.8 Å². The Morgan fingerprint density at radius 1 is 1.36 bits per heavy atom. The van der Waals surface area contributed by atoms with E-state index in [1.54, 1.807) is 13.0 Å². The number of hydrogen-bond donors (Lipinski definition) is 1. The van der Waals surface area contributed by atoms with E-state index in [0.29, 0.717) is 10.1 Å². The highest BCUT2D eigenvalue weighted by molar-refractivity contribution is 8.01. The molecule has 0 saturated carbocycles. The minimum Gasteiger partial charge on any atom is -0.299 e. The first-order valence-electron chi connectivity index (χ1n) is 7.99. The molecule has 0 aliphatic heterocycles. The first kappa shape index (κ1) is 23.0. The molecular weight excluding hydrogens is 463 g/mol. The third kappa shape index (κ3) is 6.08. The van der Waals surface area contributed by atoms with Crippen molar-refractivity contribution in [3.8, 4) is 0 Å². The van der Waals surface area contributed by atoms with Crippen LogP contribution in [0.15, 0.2) is 35.2 Å². The number of amides is 1. The molecule has 2 rings (SSSR count). The molecule has 12 heteroatoms. The highest BCUT2D eigenvalue weighted by Crippen LogP contribution is 2.30. The lowest BCUT2D eigenvalue weighted by Gasteiger charge is -2.30. The first-order chi connectivity index (χ1) is 13.2. The molecule has 0 aliphatic carbocycles. The number of sulfonamides is 1. The van der Waals surface area contributed by atoms with Crippen molar-refractivity contribution in [1.82, 2.24) is 10.2 Å². The van der Waals surface area contributed by atoms with Crippen LogP contribution in [0.25, 0.3) is 0 Å². The second-order valence-corrected chi connectivity index (χ2v) is 10.5. The minimum absolute atomic E-state index is 0.210. The Morgan fingerprint density at radius 3 is 2.54 bits per heavy atom. The van der Waals surface area contributed by atoms with Crippen LogP contribution in [-0.4, -0.2) is 42.6 Å². The molecule has 0 fully saturated rings. The van der Waals surface area contributed by atoms with E-state index < -0.39 is 22.0 Å². The van der Waals surface area contributed by atoms with Crippen molar-refractivity contribution < 1.29 is 13.2 Å².